The van der Waals surface area contributed by atoms with Crippen LogP contribution in [-0.2, 0) is 13.0 Å². The predicted octanol–water partition coefficient (Wildman–Crippen LogP) is 4.32. The smallest absolute Gasteiger partial charge is 0.111 e. The number of halogens is 2. The number of hydrogen-bond donors (Lipinski definition) is 0. The van der Waals surface area contributed by atoms with Gasteiger partial charge >= 0.3 is 0 Å². The van der Waals surface area contributed by atoms with Gasteiger partial charge in [-0.15, -0.1) is 11.6 Å². The highest BCUT2D eigenvalue weighted by molar-refractivity contribution is 8.06. The fourth-order valence-corrected chi connectivity index (χ4v) is 5.46. The predicted molar refractivity (Wildman–Crippen MR) is 92.7 cm³/mol. The third-order valence-electron chi connectivity index (χ3n) is 3.38. The molecule has 0 radical (unpaired) electrons. The lowest BCUT2D eigenvalue weighted by molar-refractivity contribution is 0.674. The van der Waals surface area contributed by atoms with E-state index in [0.29, 0.717) is 11.1 Å². The molecule has 2 heterocycles. The van der Waals surface area contributed by atoms with E-state index in [4.69, 9.17) is 28.2 Å². The minimum absolute atomic E-state index is 0.601. The van der Waals surface area contributed by atoms with E-state index >= 15 is 0 Å². The number of imidazole rings is 1. The van der Waals surface area contributed by atoms with Gasteiger partial charge in [-0.25, -0.2) is 4.98 Å². The quantitative estimate of drug-likeness (QED) is 0.767. The van der Waals surface area contributed by atoms with Crippen LogP contribution < -0.4 is 0 Å². The third kappa shape index (κ3) is 3.24. The second-order valence-electron chi connectivity index (χ2n) is 4.78. The Balaban J connectivity index is 1.96. The van der Waals surface area contributed by atoms with Crippen molar-refractivity contribution < 1.29 is 0 Å². The standard InChI is InChI=1S/C14H16Cl2N2S2/c15-4-3-14-17-12-2-1-10(16)7-13(12)18(14)8-11-9-19-5-6-20-11/h1-2,7,11H,3-6,8-9H2. The zero-order chi connectivity index (χ0) is 13.9. The zero-order valence-corrected chi connectivity index (χ0v) is 14.2. The van der Waals surface area contributed by atoms with Crippen molar-refractivity contribution in [3.05, 3.63) is 29.0 Å². The fraction of sp³-hybridized carbons (Fsp3) is 0.500. The van der Waals surface area contributed by atoms with E-state index in [0.717, 1.165) is 34.8 Å². The first-order valence-electron chi connectivity index (χ1n) is 6.68. The molecule has 0 bridgehead atoms. The van der Waals surface area contributed by atoms with E-state index in [9.17, 15) is 0 Å². The first-order chi connectivity index (χ1) is 9.78. The average Bonchev–Trinajstić information content (AvgIpc) is 2.78. The molecule has 1 aliphatic heterocycles. The summed E-state index contributed by atoms with van der Waals surface area (Å²) in [4.78, 5) is 4.71. The maximum Gasteiger partial charge on any atom is 0.111 e. The number of nitrogens with zero attached hydrogens (tertiary/aromatic N) is 2. The molecule has 1 atom stereocenters. The maximum atomic E-state index is 6.14. The average molecular weight is 347 g/mol. The van der Waals surface area contributed by atoms with Crippen molar-refractivity contribution in [1.29, 1.82) is 0 Å². The number of benzene rings is 1. The lowest BCUT2D eigenvalue weighted by Gasteiger charge is -2.22. The highest BCUT2D eigenvalue weighted by atomic mass is 35.5. The Labute approximate surface area is 137 Å². The van der Waals surface area contributed by atoms with Gasteiger partial charge in [-0.05, 0) is 18.2 Å². The molecular weight excluding hydrogens is 331 g/mol. The molecule has 1 unspecified atom stereocenters. The largest absolute Gasteiger partial charge is 0.327 e. The minimum atomic E-state index is 0.601. The summed E-state index contributed by atoms with van der Waals surface area (Å²) in [7, 11) is 0. The molecule has 2 aromatic rings. The Morgan fingerprint density at radius 1 is 1.35 bits per heavy atom. The van der Waals surface area contributed by atoms with Crippen molar-refractivity contribution in [3.8, 4) is 0 Å². The Bertz CT molecular complexity index is 594. The molecule has 1 fully saturated rings. The second kappa shape index (κ2) is 6.82. The molecule has 0 amide bonds. The van der Waals surface area contributed by atoms with E-state index in [1.807, 2.05) is 30.0 Å². The monoisotopic (exact) mass is 346 g/mol. The normalized spacial score (nSPS) is 19.6. The molecular formula is C14H16Cl2N2S2. The molecule has 0 saturated carbocycles. The lowest BCUT2D eigenvalue weighted by atomic mass is 10.3. The molecule has 6 heteroatoms. The number of hydrogen-bond acceptors (Lipinski definition) is 3. The van der Waals surface area contributed by atoms with Crippen LogP contribution in [-0.4, -0.2) is 37.9 Å². The molecule has 0 N–H and O–H groups in total. The number of rotatable bonds is 4. The topological polar surface area (TPSA) is 17.8 Å². The van der Waals surface area contributed by atoms with Gasteiger partial charge in [0.05, 0.1) is 11.0 Å². The Kier molecular flexibility index (Phi) is 5.08. The minimum Gasteiger partial charge on any atom is -0.327 e. The zero-order valence-electron chi connectivity index (χ0n) is 11.0. The van der Waals surface area contributed by atoms with E-state index in [1.165, 1.54) is 17.3 Å². The second-order valence-corrected chi connectivity index (χ2v) is 8.15. The number of alkyl halides is 1. The van der Waals surface area contributed by atoms with Crippen LogP contribution in [0.15, 0.2) is 18.2 Å². The molecule has 108 valence electrons. The van der Waals surface area contributed by atoms with Crippen molar-refractivity contribution in [1.82, 2.24) is 9.55 Å². The first kappa shape index (κ1) is 14.9. The van der Waals surface area contributed by atoms with Crippen molar-refractivity contribution >= 4 is 57.8 Å². The summed E-state index contributed by atoms with van der Waals surface area (Å²) in [5.41, 5.74) is 2.15. The molecule has 0 aliphatic carbocycles. The van der Waals surface area contributed by atoms with Gasteiger partial charge in [0.15, 0.2) is 0 Å². The number of aryl methyl sites for hydroxylation is 1. The SMILES string of the molecule is ClCCc1nc2ccc(Cl)cc2n1CC1CSCCS1. The molecule has 2 nitrogen and oxygen atoms in total. The number of thioether (sulfide) groups is 2. The summed E-state index contributed by atoms with van der Waals surface area (Å²) in [5.74, 6) is 5.41. The molecule has 0 spiro atoms. The van der Waals surface area contributed by atoms with Crippen LogP contribution in [0.4, 0.5) is 0 Å². The molecule has 1 aromatic heterocycles. The van der Waals surface area contributed by atoms with E-state index < -0.39 is 0 Å². The Morgan fingerprint density at radius 3 is 3.00 bits per heavy atom. The third-order valence-corrected chi connectivity index (χ3v) is 6.63. The van der Waals surface area contributed by atoms with Gasteiger partial charge in [0.2, 0.25) is 0 Å². The summed E-state index contributed by atoms with van der Waals surface area (Å²) in [5, 5.41) is 1.42. The van der Waals surface area contributed by atoms with E-state index in [-0.39, 0.29) is 0 Å². The van der Waals surface area contributed by atoms with Crippen LogP contribution >= 0.6 is 46.7 Å². The summed E-state index contributed by atoms with van der Waals surface area (Å²) >= 11 is 16.2. The maximum absolute atomic E-state index is 6.14. The lowest BCUT2D eigenvalue weighted by Crippen LogP contribution is -2.21. The molecule has 1 aromatic carbocycles. The van der Waals surface area contributed by atoms with E-state index in [2.05, 4.69) is 16.3 Å². The van der Waals surface area contributed by atoms with Crippen molar-refractivity contribution in [2.45, 2.75) is 18.2 Å². The van der Waals surface area contributed by atoms with Gasteiger partial charge in [0.1, 0.15) is 5.82 Å². The fourth-order valence-electron chi connectivity index (χ4n) is 2.47. The summed E-state index contributed by atoms with van der Waals surface area (Å²) in [6.45, 7) is 1.00. The van der Waals surface area contributed by atoms with Crippen LogP contribution in [0, 0.1) is 0 Å². The Hall–Kier alpha value is -0.0300. The van der Waals surface area contributed by atoms with E-state index in [1.54, 1.807) is 0 Å². The van der Waals surface area contributed by atoms with Crippen LogP contribution in [0.1, 0.15) is 5.82 Å². The summed E-state index contributed by atoms with van der Waals surface area (Å²) in [6.07, 6.45) is 0.804. The molecule has 20 heavy (non-hydrogen) atoms. The highest BCUT2D eigenvalue weighted by Crippen LogP contribution is 2.28. The Morgan fingerprint density at radius 2 is 2.25 bits per heavy atom. The first-order valence-corrected chi connectivity index (χ1v) is 9.79. The van der Waals surface area contributed by atoms with Gasteiger partial charge in [0.25, 0.3) is 0 Å². The van der Waals surface area contributed by atoms with Crippen LogP contribution in [0.5, 0.6) is 0 Å². The van der Waals surface area contributed by atoms with Crippen molar-refractivity contribution in [2.75, 3.05) is 23.1 Å². The molecule has 1 aliphatic rings. The van der Waals surface area contributed by atoms with Gasteiger partial charge in [-0.2, -0.15) is 23.5 Å². The van der Waals surface area contributed by atoms with Gasteiger partial charge in [-0.3, -0.25) is 0 Å². The molecule has 1 saturated heterocycles. The molecule has 3 rings (SSSR count). The van der Waals surface area contributed by atoms with Crippen LogP contribution in [0.2, 0.25) is 5.02 Å². The van der Waals surface area contributed by atoms with Gasteiger partial charge in [0, 0.05) is 46.4 Å². The number of aromatic nitrogens is 2. The van der Waals surface area contributed by atoms with Crippen LogP contribution in [0.3, 0.4) is 0 Å². The number of fused-ring (bicyclic) bond motifs is 1. The van der Waals surface area contributed by atoms with Gasteiger partial charge in [-0.1, -0.05) is 11.6 Å². The summed E-state index contributed by atoms with van der Waals surface area (Å²) < 4.78 is 2.31. The van der Waals surface area contributed by atoms with Gasteiger partial charge < -0.3 is 4.57 Å². The van der Waals surface area contributed by atoms with Crippen LogP contribution in [0.25, 0.3) is 11.0 Å². The van der Waals surface area contributed by atoms with Crippen molar-refractivity contribution in [3.63, 3.8) is 0 Å². The highest BCUT2D eigenvalue weighted by Gasteiger charge is 2.18. The van der Waals surface area contributed by atoms with Crippen molar-refractivity contribution in [2.24, 2.45) is 0 Å². The summed E-state index contributed by atoms with van der Waals surface area (Å²) in [6, 6.07) is 5.91.